The van der Waals surface area contributed by atoms with Crippen molar-refractivity contribution in [1.82, 2.24) is 0 Å². The van der Waals surface area contributed by atoms with Crippen molar-refractivity contribution >= 4 is 11.9 Å². The number of benzene rings is 1. The summed E-state index contributed by atoms with van der Waals surface area (Å²) in [6, 6.07) is 7.20. The first-order chi connectivity index (χ1) is 12.5. The van der Waals surface area contributed by atoms with Gasteiger partial charge < -0.3 is 18.9 Å². The molecule has 1 rings (SSSR count). The van der Waals surface area contributed by atoms with Gasteiger partial charge in [0, 0.05) is 13.0 Å². The predicted octanol–water partition coefficient (Wildman–Crippen LogP) is 3.70. The summed E-state index contributed by atoms with van der Waals surface area (Å²) in [5.74, 6) is -0.262. The van der Waals surface area contributed by atoms with Gasteiger partial charge >= 0.3 is 11.9 Å². The smallest absolute Gasteiger partial charge is 0.350 e. The maximum absolute atomic E-state index is 12.3. The van der Waals surface area contributed by atoms with Crippen LogP contribution < -0.4 is 4.74 Å². The van der Waals surface area contributed by atoms with Crippen molar-refractivity contribution in [2.24, 2.45) is 0 Å². The van der Waals surface area contributed by atoms with Gasteiger partial charge in [-0.3, -0.25) is 0 Å². The predicted molar refractivity (Wildman–Crippen MR) is 103 cm³/mol. The maximum Gasteiger partial charge on any atom is 0.350 e. The summed E-state index contributed by atoms with van der Waals surface area (Å²) in [7, 11) is 0. The fourth-order valence-corrected chi connectivity index (χ4v) is 2.29. The fourth-order valence-electron chi connectivity index (χ4n) is 2.29. The van der Waals surface area contributed by atoms with E-state index in [0.717, 1.165) is 5.56 Å². The zero-order valence-corrected chi connectivity index (χ0v) is 17.5. The summed E-state index contributed by atoms with van der Waals surface area (Å²) in [4.78, 5) is 24.2. The van der Waals surface area contributed by atoms with E-state index < -0.39 is 23.3 Å². The van der Waals surface area contributed by atoms with Gasteiger partial charge in [0.05, 0.1) is 6.61 Å². The zero-order chi connectivity index (χ0) is 20.7. The lowest BCUT2D eigenvalue weighted by molar-refractivity contribution is -0.171. The second-order valence-corrected chi connectivity index (χ2v) is 7.66. The number of carbonyl (C=O) groups excluding carboxylic acids is 2. The van der Waals surface area contributed by atoms with Crippen LogP contribution in [0.2, 0.25) is 0 Å². The summed E-state index contributed by atoms with van der Waals surface area (Å²) < 4.78 is 21.7. The molecule has 0 radical (unpaired) electrons. The van der Waals surface area contributed by atoms with Crippen LogP contribution in [0.15, 0.2) is 24.3 Å². The molecule has 1 atom stereocenters. The lowest BCUT2D eigenvalue weighted by atomic mass is 10.1. The third-order valence-electron chi connectivity index (χ3n) is 3.53. The average molecular weight is 380 g/mol. The molecule has 1 unspecified atom stereocenters. The molecular weight excluding hydrogens is 348 g/mol. The van der Waals surface area contributed by atoms with E-state index in [1.807, 2.05) is 39.8 Å². The van der Waals surface area contributed by atoms with Gasteiger partial charge in [0.1, 0.15) is 11.4 Å². The Morgan fingerprint density at radius 1 is 0.963 bits per heavy atom. The van der Waals surface area contributed by atoms with Crippen LogP contribution in [0.25, 0.3) is 0 Å². The van der Waals surface area contributed by atoms with Crippen molar-refractivity contribution in [1.29, 1.82) is 0 Å². The molecular formula is C21H32O6. The monoisotopic (exact) mass is 380 g/mol. The van der Waals surface area contributed by atoms with E-state index in [9.17, 15) is 9.59 Å². The van der Waals surface area contributed by atoms with Gasteiger partial charge in [-0.1, -0.05) is 12.1 Å². The molecule has 6 heteroatoms. The van der Waals surface area contributed by atoms with Crippen molar-refractivity contribution in [2.45, 2.75) is 72.2 Å². The van der Waals surface area contributed by atoms with Crippen molar-refractivity contribution in [3.05, 3.63) is 29.8 Å². The van der Waals surface area contributed by atoms with Crippen molar-refractivity contribution in [3.8, 4) is 5.75 Å². The van der Waals surface area contributed by atoms with Gasteiger partial charge in [-0.25, -0.2) is 9.59 Å². The minimum Gasteiger partial charge on any atom is -0.476 e. The number of rotatable bonds is 9. The molecule has 0 N–H and O–H groups in total. The van der Waals surface area contributed by atoms with Gasteiger partial charge in [0.2, 0.25) is 0 Å². The van der Waals surface area contributed by atoms with Gasteiger partial charge in [0.15, 0.2) is 11.7 Å². The third-order valence-corrected chi connectivity index (χ3v) is 3.53. The Kier molecular flexibility index (Phi) is 8.28. The summed E-state index contributed by atoms with van der Waals surface area (Å²) in [6.07, 6.45) is -0.234. The number of hydrogen-bond acceptors (Lipinski definition) is 6. The lowest BCUT2D eigenvalue weighted by Crippen LogP contribution is -2.43. The summed E-state index contributed by atoms with van der Waals surface area (Å²) in [6.45, 7) is 13.1. The molecule has 0 aliphatic heterocycles. The first kappa shape index (κ1) is 23.0. The quantitative estimate of drug-likeness (QED) is 0.609. The van der Waals surface area contributed by atoms with Crippen molar-refractivity contribution in [3.63, 3.8) is 0 Å². The Bertz CT molecular complexity index is 613. The third kappa shape index (κ3) is 7.99. The molecule has 1 aromatic carbocycles. The van der Waals surface area contributed by atoms with Crippen molar-refractivity contribution < 1.29 is 28.5 Å². The van der Waals surface area contributed by atoms with Crippen LogP contribution in [0, 0.1) is 0 Å². The minimum absolute atomic E-state index is 0.314. The molecule has 0 heterocycles. The summed E-state index contributed by atoms with van der Waals surface area (Å²) in [5, 5.41) is 0. The molecule has 152 valence electrons. The second-order valence-electron chi connectivity index (χ2n) is 7.66. The molecule has 0 aliphatic rings. The van der Waals surface area contributed by atoms with E-state index in [4.69, 9.17) is 18.9 Å². The topological polar surface area (TPSA) is 71.1 Å². The highest BCUT2D eigenvalue weighted by molar-refractivity contribution is 5.79. The van der Waals surface area contributed by atoms with E-state index in [0.29, 0.717) is 25.4 Å². The van der Waals surface area contributed by atoms with Crippen LogP contribution in [-0.2, 0) is 30.2 Å². The first-order valence-electron chi connectivity index (χ1n) is 9.28. The molecule has 0 amide bonds. The van der Waals surface area contributed by atoms with Crippen LogP contribution in [0.1, 0.15) is 54.0 Å². The van der Waals surface area contributed by atoms with Gasteiger partial charge in [-0.05, 0) is 66.2 Å². The highest BCUT2D eigenvalue weighted by Crippen LogP contribution is 2.23. The van der Waals surface area contributed by atoms with Crippen LogP contribution in [0.4, 0.5) is 0 Å². The second kappa shape index (κ2) is 9.74. The molecule has 27 heavy (non-hydrogen) atoms. The Balaban J connectivity index is 2.77. The van der Waals surface area contributed by atoms with Gasteiger partial charge in [-0.15, -0.1) is 0 Å². The molecule has 0 fully saturated rings. The number of ether oxygens (including phenoxy) is 4. The molecule has 0 bridgehead atoms. The lowest BCUT2D eigenvalue weighted by Gasteiger charge is -2.29. The van der Waals surface area contributed by atoms with E-state index in [1.165, 1.54) is 0 Å². The Morgan fingerprint density at radius 2 is 1.56 bits per heavy atom. The first-order valence-corrected chi connectivity index (χ1v) is 9.28. The normalized spacial score (nSPS) is 13.0. The molecule has 0 aliphatic carbocycles. The van der Waals surface area contributed by atoms with Gasteiger partial charge in [0.25, 0.3) is 0 Å². The Hall–Kier alpha value is -2.08. The Labute approximate surface area is 162 Å². The largest absolute Gasteiger partial charge is 0.476 e. The van der Waals surface area contributed by atoms with E-state index >= 15 is 0 Å². The maximum atomic E-state index is 12.3. The SMILES string of the molecule is CCOC(=O)C(Cc1ccc(OC(C)(C)C(=O)OC(C)(C)C)cc1)OCC. The Morgan fingerprint density at radius 3 is 2.04 bits per heavy atom. The average Bonchev–Trinajstić information content (AvgIpc) is 2.54. The molecule has 1 aromatic rings. The van der Waals surface area contributed by atoms with Crippen molar-refractivity contribution in [2.75, 3.05) is 13.2 Å². The van der Waals surface area contributed by atoms with Crippen LogP contribution in [-0.4, -0.2) is 42.5 Å². The number of carbonyl (C=O) groups is 2. The highest BCUT2D eigenvalue weighted by atomic mass is 16.6. The molecule has 0 saturated carbocycles. The van der Waals surface area contributed by atoms with Crippen LogP contribution >= 0.6 is 0 Å². The molecule has 0 aromatic heterocycles. The summed E-state index contributed by atoms with van der Waals surface area (Å²) >= 11 is 0. The summed E-state index contributed by atoms with van der Waals surface area (Å²) in [5.41, 5.74) is -0.791. The van der Waals surface area contributed by atoms with Crippen LogP contribution in [0.3, 0.4) is 0 Å². The van der Waals surface area contributed by atoms with Crippen LogP contribution in [0.5, 0.6) is 5.75 Å². The number of esters is 2. The zero-order valence-electron chi connectivity index (χ0n) is 17.5. The molecule has 0 saturated heterocycles. The molecule has 6 nitrogen and oxygen atoms in total. The van der Waals surface area contributed by atoms with E-state index in [2.05, 4.69) is 0 Å². The van der Waals surface area contributed by atoms with E-state index in [-0.39, 0.29) is 5.97 Å². The number of hydrogen-bond donors (Lipinski definition) is 0. The highest BCUT2D eigenvalue weighted by Gasteiger charge is 2.34. The fraction of sp³-hybridized carbons (Fsp3) is 0.619. The standard InChI is InChI=1S/C21H32O6/c1-8-24-17(18(22)25-9-2)14-15-10-12-16(13-11-15)26-21(6,7)19(23)27-20(3,4)5/h10-13,17H,8-9,14H2,1-7H3. The minimum atomic E-state index is -1.12. The van der Waals surface area contributed by atoms with Gasteiger partial charge in [-0.2, -0.15) is 0 Å². The molecule has 0 spiro atoms. The van der Waals surface area contributed by atoms with E-state index in [1.54, 1.807) is 32.9 Å².